The lowest BCUT2D eigenvalue weighted by Crippen LogP contribution is -2.22. The van der Waals surface area contributed by atoms with Crippen LogP contribution >= 0.6 is 11.6 Å². The molecule has 5 heteroatoms. The van der Waals surface area contributed by atoms with Crippen molar-refractivity contribution in [3.8, 4) is 0 Å². The second kappa shape index (κ2) is 5.33. The Hall–Kier alpha value is -0.650. The highest BCUT2D eigenvalue weighted by molar-refractivity contribution is 6.31. The first-order valence-corrected chi connectivity index (χ1v) is 6.04. The highest BCUT2D eigenvalue weighted by atomic mass is 35.5. The van der Waals surface area contributed by atoms with E-state index in [0.717, 1.165) is 11.1 Å². The van der Waals surface area contributed by atoms with Crippen LogP contribution in [-0.2, 0) is 13.1 Å². The Kier molecular flexibility index (Phi) is 4.01. The van der Waals surface area contributed by atoms with Gasteiger partial charge >= 0.3 is 0 Å². The molecule has 17 heavy (non-hydrogen) atoms. The zero-order chi connectivity index (χ0) is 12.4. The summed E-state index contributed by atoms with van der Waals surface area (Å²) in [6.45, 7) is 2.07. The third-order valence-electron chi connectivity index (χ3n) is 3.08. The van der Waals surface area contributed by atoms with Crippen molar-refractivity contribution in [2.75, 3.05) is 13.1 Å². The van der Waals surface area contributed by atoms with E-state index < -0.39 is 12.2 Å². The molecule has 0 spiro atoms. The van der Waals surface area contributed by atoms with Gasteiger partial charge in [0.25, 0.3) is 0 Å². The Morgan fingerprint density at radius 3 is 2.47 bits per heavy atom. The van der Waals surface area contributed by atoms with Gasteiger partial charge in [-0.25, -0.2) is 0 Å². The van der Waals surface area contributed by atoms with E-state index in [0.29, 0.717) is 31.2 Å². The third-order valence-corrected chi connectivity index (χ3v) is 3.43. The molecule has 2 unspecified atom stereocenters. The SMILES string of the molecule is NCc1ccc(CN2CC(O)C(O)C2)c(Cl)c1. The quantitative estimate of drug-likeness (QED) is 0.729. The first-order valence-electron chi connectivity index (χ1n) is 5.66. The monoisotopic (exact) mass is 256 g/mol. The molecule has 94 valence electrons. The van der Waals surface area contributed by atoms with Crippen LogP contribution in [0.4, 0.5) is 0 Å². The van der Waals surface area contributed by atoms with Gasteiger partial charge in [0, 0.05) is 31.2 Å². The third kappa shape index (κ3) is 2.97. The summed E-state index contributed by atoms with van der Waals surface area (Å²) < 4.78 is 0. The normalized spacial score (nSPS) is 25.4. The van der Waals surface area contributed by atoms with Crippen LogP contribution < -0.4 is 5.73 Å². The molecule has 1 heterocycles. The molecule has 4 N–H and O–H groups in total. The minimum atomic E-state index is -0.655. The molecular weight excluding hydrogens is 240 g/mol. The molecule has 1 aromatic carbocycles. The van der Waals surface area contributed by atoms with Crippen molar-refractivity contribution >= 4 is 11.6 Å². The molecule has 1 aromatic rings. The molecule has 0 aromatic heterocycles. The van der Waals surface area contributed by atoms with E-state index in [9.17, 15) is 10.2 Å². The molecule has 1 fully saturated rings. The number of nitrogens with zero attached hydrogens (tertiary/aromatic N) is 1. The average Bonchev–Trinajstić information content (AvgIpc) is 2.61. The lowest BCUT2D eigenvalue weighted by Gasteiger charge is -2.16. The predicted octanol–water partition coefficient (Wildman–Crippen LogP) is 0.336. The molecule has 0 amide bonds. The Balaban J connectivity index is 2.04. The van der Waals surface area contributed by atoms with Crippen LogP contribution in [0.2, 0.25) is 5.02 Å². The number of halogens is 1. The van der Waals surface area contributed by atoms with Crippen molar-refractivity contribution in [3.63, 3.8) is 0 Å². The van der Waals surface area contributed by atoms with Gasteiger partial charge in [-0.1, -0.05) is 23.7 Å². The van der Waals surface area contributed by atoms with Crippen molar-refractivity contribution in [2.45, 2.75) is 25.3 Å². The summed E-state index contributed by atoms with van der Waals surface area (Å²) >= 11 is 6.15. The number of aliphatic hydroxyl groups excluding tert-OH is 2. The van der Waals surface area contributed by atoms with Gasteiger partial charge in [-0.3, -0.25) is 4.90 Å². The number of likely N-dealkylation sites (tertiary alicyclic amines) is 1. The summed E-state index contributed by atoms with van der Waals surface area (Å²) in [6.07, 6.45) is -1.31. The summed E-state index contributed by atoms with van der Waals surface area (Å²) in [5, 5.41) is 19.6. The van der Waals surface area contributed by atoms with Crippen molar-refractivity contribution in [1.82, 2.24) is 4.90 Å². The van der Waals surface area contributed by atoms with Crippen LogP contribution in [-0.4, -0.2) is 40.4 Å². The van der Waals surface area contributed by atoms with Gasteiger partial charge in [0.2, 0.25) is 0 Å². The second-order valence-corrected chi connectivity index (χ2v) is 4.87. The molecule has 1 saturated heterocycles. The molecule has 2 atom stereocenters. The van der Waals surface area contributed by atoms with Gasteiger partial charge in [0.15, 0.2) is 0 Å². The summed E-state index contributed by atoms with van der Waals surface area (Å²) in [6, 6.07) is 5.76. The zero-order valence-corrected chi connectivity index (χ0v) is 10.3. The number of aliphatic hydroxyl groups is 2. The fourth-order valence-corrected chi connectivity index (χ4v) is 2.33. The van der Waals surface area contributed by atoms with E-state index >= 15 is 0 Å². The first kappa shape index (κ1) is 12.8. The van der Waals surface area contributed by atoms with E-state index in [1.165, 1.54) is 0 Å². The second-order valence-electron chi connectivity index (χ2n) is 4.46. The lowest BCUT2D eigenvalue weighted by molar-refractivity contribution is 0.0572. The first-order chi connectivity index (χ1) is 8.10. The van der Waals surface area contributed by atoms with E-state index in [1.54, 1.807) is 0 Å². The molecular formula is C12H17ClN2O2. The van der Waals surface area contributed by atoms with Crippen molar-refractivity contribution in [2.24, 2.45) is 5.73 Å². The van der Waals surface area contributed by atoms with Crippen molar-refractivity contribution in [1.29, 1.82) is 0 Å². The zero-order valence-electron chi connectivity index (χ0n) is 9.51. The Morgan fingerprint density at radius 1 is 1.29 bits per heavy atom. The molecule has 0 aliphatic carbocycles. The summed E-state index contributed by atoms with van der Waals surface area (Å²) in [5.74, 6) is 0. The van der Waals surface area contributed by atoms with Gasteiger partial charge < -0.3 is 15.9 Å². The minimum Gasteiger partial charge on any atom is -0.389 e. The number of nitrogens with two attached hydrogens (primary N) is 1. The molecule has 0 saturated carbocycles. The highest BCUT2D eigenvalue weighted by Gasteiger charge is 2.29. The minimum absolute atomic E-state index is 0.473. The van der Waals surface area contributed by atoms with Gasteiger partial charge in [-0.05, 0) is 17.2 Å². The molecule has 4 nitrogen and oxygen atoms in total. The van der Waals surface area contributed by atoms with E-state index in [4.69, 9.17) is 17.3 Å². The summed E-state index contributed by atoms with van der Waals surface area (Å²) in [5.41, 5.74) is 7.52. The van der Waals surface area contributed by atoms with E-state index in [1.807, 2.05) is 23.1 Å². The Labute approximate surface area is 106 Å². The highest BCUT2D eigenvalue weighted by Crippen LogP contribution is 2.21. The van der Waals surface area contributed by atoms with Crippen LogP contribution in [0.15, 0.2) is 18.2 Å². The lowest BCUT2D eigenvalue weighted by atomic mass is 10.1. The van der Waals surface area contributed by atoms with Gasteiger partial charge in [0.05, 0.1) is 12.2 Å². The van der Waals surface area contributed by atoms with Gasteiger partial charge in [0.1, 0.15) is 0 Å². The van der Waals surface area contributed by atoms with E-state index in [2.05, 4.69) is 0 Å². The topological polar surface area (TPSA) is 69.7 Å². The maximum Gasteiger partial charge on any atom is 0.0938 e. The van der Waals surface area contributed by atoms with Crippen LogP contribution in [0.3, 0.4) is 0 Å². The van der Waals surface area contributed by atoms with Crippen molar-refractivity contribution in [3.05, 3.63) is 34.3 Å². The number of hydrogen-bond donors (Lipinski definition) is 3. The van der Waals surface area contributed by atoms with Crippen LogP contribution in [0, 0.1) is 0 Å². The van der Waals surface area contributed by atoms with E-state index in [-0.39, 0.29) is 0 Å². The fourth-order valence-electron chi connectivity index (χ4n) is 2.06. The molecule has 2 rings (SSSR count). The van der Waals surface area contributed by atoms with Crippen LogP contribution in [0.1, 0.15) is 11.1 Å². The fraction of sp³-hybridized carbons (Fsp3) is 0.500. The average molecular weight is 257 g/mol. The molecule has 1 aliphatic rings. The number of benzene rings is 1. The van der Waals surface area contributed by atoms with Gasteiger partial charge in [-0.15, -0.1) is 0 Å². The Bertz CT molecular complexity index is 390. The summed E-state index contributed by atoms with van der Waals surface area (Å²) in [7, 11) is 0. The standard InChI is InChI=1S/C12H17ClN2O2/c13-10-3-8(4-14)1-2-9(10)5-15-6-11(16)12(17)7-15/h1-3,11-12,16-17H,4-7,14H2. The summed E-state index contributed by atoms with van der Waals surface area (Å²) in [4.78, 5) is 1.98. The largest absolute Gasteiger partial charge is 0.389 e. The number of rotatable bonds is 3. The number of hydrogen-bond acceptors (Lipinski definition) is 4. The smallest absolute Gasteiger partial charge is 0.0938 e. The van der Waals surface area contributed by atoms with Gasteiger partial charge in [-0.2, -0.15) is 0 Å². The molecule has 0 radical (unpaired) electrons. The molecule has 1 aliphatic heterocycles. The Morgan fingerprint density at radius 2 is 1.94 bits per heavy atom. The number of β-amino-alcohol motifs (C(OH)–C–C–N with tert-alkyl or cyclic N) is 2. The van der Waals surface area contributed by atoms with Crippen LogP contribution in [0.25, 0.3) is 0 Å². The predicted molar refractivity (Wildman–Crippen MR) is 66.6 cm³/mol. The molecule has 0 bridgehead atoms. The van der Waals surface area contributed by atoms with Crippen molar-refractivity contribution < 1.29 is 10.2 Å². The maximum absolute atomic E-state index is 9.46. The van der Waals surface area contributed by atoms with Crippen LogP contribution in [0.5, 0.6) is 0 Å². The maximum atomic E-state index is 9.46.